The van der Waals surface area contributed by atoms with Crippen LogP contribution in [-0.2, 0) is 7.05 Å². The molecule has 2 aromatic heterocycles. The summed E-state index contributed by atoms with van der Waals surface area (Å²) in [6.07, 6.45) is 8.28. The lowest BCUT2D eigenvalue weighted by atomic mass is 10.2. The molecule has 0 N–H and O–H groups in total. The van der Waals surface area contributed by atoms with Crippen LogP contribution in [0.5, 0.6) is 0 Å². The minimum absolute atomic E-state index is 1.07. The molecule has 2 heterocycles. The predicted molar refractivity (Wildman–Crippen MR) is 45.3 cm³/mol. The second kappa shape index (κ2) is 2.77. The first kappa shape index (κ1) is 7.03. The van der Waals surface area contributed by atoms with Crippen molar-refractivity contribution >= 4 is 0 Å². The summed E-state index contributed by atoms with van der Waals surface area (Å²) in [7, 11) is 1.89. The average molecular weight is 158 g/mol. The van der Waals surface area contributed by atoms with Gasteiger partial charge in [0, 0.05) is 30.6 Å². The van der Waals surface area contributed by atoms with Gasteiger partial charge in [0.25, 0.3) is 0 Å². The van der Waals surface area contributed by atoms with Crippen LogP contribution < -0.4 is 0 Å². The number of hydrogen-bond donors (Lipinski definition) is 0. The first-order valence-corrected chi connectivity index (χ1v) is 3.67. The molecule has 1 radical (unpaired) electrons. The number of aryl methyl sites for hydroxylation is 1. The fourth-order valence-electron chi connectivity index (χ4n) is 1.06. The van der Waals surface area contributed by atoms with Crippen molar-refractivity contribution in [2.75, 3.05) is 0 Å². The molecule has 59 valence electrons. The Morgan fingerprint density at radius 2 is 2.25 bits per heavy atom. The van der Waals surface area contributed by atoms with Crippen LogP contribution in [0.25, 0.3) is 11.1 Å². The molecule has 2 rings (SSSR count). The topological polar surface area (TPSA) is 30.7 Å². The van der Waals surface area contributed by atoms with Crippen LogP contribution in [0.4, 0.5) is 0 Å². The summed E-state index contributed by atoms with van der Waals surface area (Å²) in [5, 5.41) is 4.07. The van der Waals surface area contributed by atoms with Crippen LogP contribution in [0, 0.1) is 6.20 Å². The van der Waals surface area contributed by atoms with Crippen LogP contribution in [0.1, 0.15) is 0 Å². The van der Waals surface area contributed by atoms with Gasteiger partial charge in [-0.2, -0.15) is 5.10 Å². The van der Waals surface area contributed by atoms with Crippen molar-refractivity contribution < 1.29 is 0 Å². The van der Waals surface area contributed by atoms with Crippen LogP contribution in [-0.4, -0.2) is 14.8 Å². The van der Waals surface area contributed by atoms with Gasteiger partial charge in [-0.3, -0.25) is 9.67 Å². The highest BCUT2D eigenvalue weighted by Crippen LogP contribution is 2.15. The second-order valence-corrected chi connectivity index (χ2v) is 2.58. The van der Waals surface area contributed by atoms with E-state index < -0.39 is 0 Å². The summed E-state index contributed by atoms with van der Waals surface area (Å²) in [6, 6.07) is 3.76. The largest absolute Gasteiger partial charge is 0.275 e. The number of pyridine rings is 1. The number of aromatic nitrogens is 3. The summed E-state index contributed by atoms with van der Waals surface area (Å²) < 4.78 is 1.77. The molecule has 0 unspecified atom stereocenters. The maximum absolute atomic E-state index is 4.07. The van der Waals surface area contributed by atoms with Crippen LogP contribution in [0.2, 0.25) is 0 Å². The Kier molecular flexibility index (Phi) is 1.63. The molecule has 3 nitrogen and oxygen atoms in total. The molecule has 0 aliphatic rings. The van der Waals surface area contributed by atoms with Crippen molar-refractivity contribution in [3.63, 3.8) is 0 Å². The molecule has 3 heteroatoms. The maximum Gasteiger partial charge on any atom is 0.0886 e. The van der Waals surface area contributed by atoms with E-state index in [1.54, 1.807) is 16.9 Å². The molecule has 0 bridgehead atoms. The zero-order chi connectivity index (χ0) is 8.39. The first-order valence-electron chi connectivity index (χ1n) is 3.67. The zero-order valence-corrected chi connectivity index (χ0v) is 6.73. The van der Waals surface area contributed by atoms with Crippen molar-refractivity contribution in [3.05, 3.63) is 36.9 Å². The third-order valence-corrected chi connectivity index (χ3v) is 1.65. The van der Waals surface area contributed by atoms with Gasteiger partial charge in [0.05, 0.1) is 12.4 Å². The molecule has 0 amide bonds. The lowest BCUT2D eigenvalue weighted by Crippen LogP contribution is -1.84. The van der Waals surface area contributed by atoms with Gasteiger partial charge in [0.2, 0.25) is 0 Å². The predicted octanol–water partition coefficient (Wildman–Crippen LogP) is 1.28. The van der Waals surface area contributed by atoms with E-state index in [2.05, 4.69) is 16.3 Å². The zero-order valence-electron chi connectivity index (χ0n) is 6.73. The number of rotatable bonds is 1. The van der Waals surface area contributed by atoms with E-state index in [1.807, 2.05) is 25.5 Å². The van der Waals surface area contributed by atoms with Crippen molar-refractivity contribution in [1.82, 2.24) is 14.8 Å². The molecule has 12 heavy (non-hydrogen) atoms. The molecule has 0 spiro atoms. The molecular weight excluding hydrogens is 150 g/mol. The highest BCUT2D eigenvalue weighted by Gasteiger charge is 1.97. The molecule has 0 aliphatic heterocycles. The maximum atomic E-state index is 4.07. The molecule has 0 aromatic carbocycles. The Morgan fingerprint density at radius 3 is 2.83 bits per heavy atom. The van der Waals surface area contributed by atoms with E-state index in [0.29, 0.717) is 0 Å². The second-order valence-electron chi connectivity index (χ2n) is 2.58. The van der Waals surface area contributed by atoms with Crippen molar-refractivity contribution in [1.29, 1.82) is 0 Å². The molecule has 0 fully saturated rings. The number of hydrogen-bond acceptors (Lipinski definition) is 2. The molecular formula is C9H8N3. The van der Waals surface area contributed by atoms with E-state index in [0.717, 1.165) is 11.1 Å². The molecule has 2 aromatic rings. The quantitative estimate of drug-likeness (QED) is 0.626. The van der Waals surface area contributed by atoms with Crippen LogP contribution in [0.15, 0.2) is 30.7 Å². The minimum Gasteiger partial charge on any atom is -0.275 e. The summed E-state index contributed by atoms with van der Waals surface area (Å²) in [5.41, 5.74) is 2.15. The van der Waals surface area contributed by atoms with Crippen LogP contribution >= 0.6 is 0 Å². The monoisotopic (exact) mass is 158 g/mol. The minimum atomic E-state index is 1.07. The van der Waals surface area contributed by atoms with Gasteiger partial charge in [0.15, 0.2) is 0 Å². The Balaban J connectivity index is 2.45. The fourth-order valence-corrected chi connectivity index (χ4v) is 1.06. The lowest BCUT2D eigenvalue weighted by Gasteiger charge is -1.92. The van der Waals surface area contributed by atoms with E-state index in [-0.39, 0.29) is 0 Å². The highest BCUT2D eigenvalue weighted by atomic mass is 15.2. The smallest absolute Gasteiger partial charge is 0.0886 e. The van der Waals surface area contributed by atoms with Gasteiger partial charge >= 0.3 is 0 Å². The molecule has 0 saturated heterocycles. The Labute approximate surface area is 70.7 Å². The van der Waals surface area contributed by atoms with Gasteiger partial charge in [-0.05, 0) is 6.07 Å². The third-order valence-electron chi connectivity index (χ3n) is 1.65. The molecule has 0 aliphatic carbocycles. The summed E-state index contributed by atoms with van der Waals surface area (Å²) >= 11 is 0. The summed E-state index contributed by atoms with van der Waals surface area (Å²) in [4.78, 5) is 3.91. The van der Waals surface area contributed by atoms with Crippen molar-refractivity contribution in [2.24, 2.45) is 7.05 Å². The van der Waals surface area contributed by atoms with Gasteiger partial charge in [-0.25, -0.2) is 0 Å². The van der Waals surface area contributed by atoms with E-state index in [4.69, 9.17) is 0 Å². The average Bonchev–Trinajstić information content (AvgIpc) is 2.54. The van der Waals surface area contributed by atoms with Crippen molar-refractivity contribution in [2.45, 2.75) is 0 Å². The highest BCUT2D eigenvalue weighted by molar-refractivity contribution is 5.59. The first-order chi connectivity index (χ1) is 5.86. The van der Waals surface area contributed by atoms with Crippen molar-refractivity contribution in [3.8, 4) is 11.1 Å². The summed E-state index contributed by atoms with van der Waals surface area (Å²) in [6.45, 7) is 0. The van der Waals surface area contributed by atoms with Crippen LogP contribution in [0.3, 0.4) is 0 Å². The SMILES string of the molecule is Cn1cc(-c2cc[c]nc2)cn1. The third kappa shape index (κ3) is 1.21. The summed E-state index contributed by atoms with van der Waals surface area (Å²) in [5.74, 6) is 0. The standard InChI is InChI=1S/C9H8N3/c1-12-7-9(6-11-12)8-3-2-4-10-5-8/h2-3,5-7H,1H3. The molecule has 0 atom stereocenters. The van der Waals surface area contributed by atoms with E-state index in [9.17, 15) is 0 Å². The van der Waals surface area contributed by atoms with E-state index >= 15 is 0 Å². The Bertz CT molecular complexity index is 364. The normalized spacial score (nSPS) is 10.1. The van der Waals surface area contributed by atoms with Gasteiger partial charge in [0.1, 0.15) is 0 Å². The van der Waals surface area contributed by atoms with E-state index in [1.165, 1.54) is 0 Å². The van der Waals surface area contributed by atoms with Gasteiger partial charge in [-0.15, -0.1) is 0 Å². The Morgan fingerprint density at radius 1 is 1.33 bits per heavy atom. The van der Waals surface area contributed by atoms with Gasteiger partial charge < -0.3 is 0 Å². The Hall–Kier alpha value is -1.64. The number of nitrogens with zero attached hydrogens (tertiary/aromatic N) is 3. The molecule has 0 saturated carbocycles. The fraction of sp³-hybridized carbons (Fsp3) is 0.111. The van der Waals surface area contributed by atoms with Gasteiger partial charge in [-0.1, -0.05) is 6.07 Å². The lowest BCUT2D eigenvalue weighted by molar-refractivity contribution is 0.768.